The molecular weight excluding hydrogens is 222 g/mol. The summed E-state index contributed by atoms with van der Waals surface area (Å²) in [5.41, 5.74) is 8.93. The quantitative estimate of drug-likeness (QED) is 0.886. The molecule has 2 heteroatoms. The molecule has 1 fully saturated rings. The van der Waals surface area contributed by atoms with E-state index < -0.39 is 0 Å². The second-order valence-electron chi connectivity index (χ2n) is 6.72. The molecule has 1 aromatic carbocycles. The monoisotopic (exact) mass is 247 g/mol. The molecule has 1 aromatic rings. The molecule has 1 heterocycles. The Morgan fingerprint density at radius 2 is 1.78 bits per heavy atom. The van der Waals surface area contributed by atoms with Gasteiger partial charge in [-0.05, 0) is 37.3 Å². The van der Waals surface area contributed by atoms with E-state index in [1.165, 1.54) is 11.1 Å². The van der Waals surface area contributed by atoms with Crippen molar-refractivity contribution in [2.75, 3.05) is 13.2 Å². The molecule has 0 amide bonds. The summed E-state index contributed by atoms with van der Waals surface area (Å²) in [5, 5.41) is 0. The van der Waals surface area contributed by atoms with Crippen molar-refractivity contribution in [3.63, 3.8) is 0 Å². The van der Waals surface area contributed by atoms with Crippen LogP contribution in [0.2, 0.25) is 0 Å². The molecular formula is C16H25NO. The van der Waals surface area contributed by atoms with Gasteiger partial charge in [0.25, 0.3) is 0 Å². The van der Waals surface area contributed by atoms with Crippen molar-refractivity contribution >= 4 is 0 Å². The van der Waals surface area contributed by atoms with Gasteiger partial charge in [0, 0.05) is 11.0 Å². The van der Waals surface area contributed by atoms with Crippen LogP contribution in [0.25, 0.3) is 0 Å². The fourth-order valence-corrected chi connectivity index (χ4v) is 2.81. The maximum absolute atomic E-state index is 6.19. The van der Waals surface area contributed by atoms with Gasteiger partial charge in [-0.2, -0.15) is 0 Å². The lowest BCUT2D eigenvalue weighted by atomic mass is 9.70. The fourth-order valence-electron chi connectivity index (χ4n) is 2.81. The average Bonchev–Trinajstić information content (AvgIpc) is 2.22. The molecule has 0 unspecified atom stereocenters. The van der Waals surface area contributed by atoms with E-state index in [1.807, 2.05) is 0 Å². The molecule has 0 bridgehead atoms. The molecule has 100 valence electrons. The number of hydrogen-bond acceptors (Lipinski definition) is 2. The number of rotatable bonds is 4. The van der Waals surface area contributed by atoms with E-state index in [0.717, 1.165) is 19.6 Å². The summed E-state index contributed by atoms with van der Waals surface area (Å²) < 4.78 is 5.46. The van der Waals surface area contributed by atoms with E-state index in [0.29, 0.717) is 5.92 Å². The van der Waals surface area contributed by atoms with Crippen LogP contribution < -0.4 is 5.73 Å². The SMILES string of the molecule is CC(C)c1ccc(C2(CC(C)(C)N)COC2)cc1. The zero-order valence-electron chi connectivity index (χ0n) is 12.0. The molecule has 0 atom stereocenters. The van der Waals surface area contributed by atoms with Crippen molar-refractivity contribution in [3.8, 4) is 0 Å². The minimum absolute atomic E-state index is 0.133. The maximum Gasteiger partial charge on any atom is 0.0586 e. The highest BCUT2D eigenvalue weighted by Crippen LogP contribution is 2.39. The molecule has 2 rings (SSSR count). The molecule has 0 aromatic heterocycles. The first-order valence-electron chi connectivity index (χ1n) is 6.79. The van der Waals surface area contributed by atoms with Gasteiger partial charge in [-0.3, -0.25) is 0 Å². The fraction of sp³-hybridized carbons (Fsp3) is 0.625. The van der Waals surface area contributed by atoms with Gasteiger partial charge in [0.05, 0.1) is 13.2 Å². The Morgan fingerprint density at radius 1 is 1.22 bits per heavy atom. The first kappa shape index (κ1) is 13.6. The first-order chi connectivity index (χ1) is 8.32. The van der Waals surface area contributed by atoms with E-state index >= 15 is 0 Å². The van der Waals surface area contributed by atoms with Gasteiger partial charge in [-0.15, -0.1) is 0 Å². The molecule has 1 aliphatic heterocycles. The van der Waals surface area contributed by atoms with Gasteiger partial charge in [0.15, 0.2) is 0 Å². The van der Waals surface area contributed by atoms with Crippen LogP contribution in [0.3, 0.4) is 0 Å². The summed E-state index contributed by atoms with van der Waals surface area (Å²) in [6, 6.07) is 8.99. The smallest absolute Gasteiger partial charge is 0.0586 e. The highest BCUT2D eigenvalue weighted by molar-refractivity contribution is 5.33. The third kappa shape index (κ3) is 2.76. The summed E-state index contributed by atoms with van der Waals surface area (Å²) >= 11 is 0. The molecule has 2 N–H and O–H groups in total. The molecule has 18 heavy (non-hydrogen) atoms. The number of hydrogen-bond donors (Lipinski definition) is 1. The zero-order valence-corrected chi connectivity index (χ0v) is 12.0. The predicted octanol–water partition coefficient (Wildman–Crippen LogP) is 3.21. The zero-order chi connectivity index (χ0) is 13.4. The first-order valence-corrected chi connectivity index (χ1v) is 6.79. The van der Waals surface area contributed by atoms with E-state index in [9.17, 15) is 0 Å². The van der Waals surface area contributed by atoms with Crippen LogP contribution in [0.5, 0.6) is 0 Å². The Kier molecular flexibility index (Phi) is 3.52. The summed E-state index contributed by atoms with van der Waals surface area (Å²) in [7, 11) is 0. The minimum Gasteiger partial charge on any atom is -0.379 e. The van der Waals surface area contributed by atoms with Crippen molar-refractivity contribution in [1.29, 1.82) is 0 Å². The summed E-state index contributed by atoms with van der Waals surface area (Å²) in [4.78, 5) is 0. The molecule has 1 saturated heterocycles. The van der Waals surface area contributed by atoms with E-state index in [4.69, 9.17) is 10.5 Å². The normalized spacial score (nSPS) is 18.8. The minimum atomic E-state index is -0.152. The molecule has 0 saturated carbocycles. The third-order valence-corrected chi connectivity index (χ3v) is 3.74. The standard InChI is InChI=1S/C16H25NO/c1-12(2)13-5-7-14(8-6-13)16(10-18-11-16)9-15(3,4)17/h5-8,12H,9-11,17H2,1-4H3. The van der Waals surface area contributed by atoms with Crippen molar-refractivity contribution in [2.24, 2.45) is 5.73 Å². The van der Waals surface area contributed by atoms with Crippen LogP contribution >= 0.6 is 0 Å². The molecule has 2 nitrogen and oxygen atoms in total. The van der Waals surface area contributed by atoms with E-state index in [1.54, 1.807) is 0 Å². The molecule has 0 aliphatic carbocycles. The summed E-state index contributed by atoms with van der Waals surface area (Å²) in [6.45, 7) is 10.2. The van der Waals surface area contributed by atoms with Crippen molar-refractivity contribution in [3.05, 3.63) is 35.4 Å². The van der Waals surface area contributed by atoms with Crippen LogP contribution in [-0.2, 0) is 10.2 Å². The largest absolute Gasteiger partial charge is 0.379 e. The number of benzene rings is 1. The lowest BCUT2D eigenvalue weighted by Gasteiger charge is -2.45. The Morgan fingerprint density at radius 3 is 2.11 bits per heavy atom. The van der Waals surface area contributed by atoms with Gasteiger partial charge in [0.1, 0.15) is 0 Å². The van der Waals surface area contributed by atoms with Crippen LogP contribution in [0.4, 0.5) is 0 Å². The Labute approximate surface area is 111 Å². The number of ether oxygens (including phenoxy) is 1. The van der Waals surface area contributed by atoms with Crippen LogP contribution in [0, 0.1) is 0 Å². The summed E-state index contributed by atoms with van der Waals surface area (Å²) in [5.74, 6) is 0.582. The summed E-state index contributed by atoms with van der Waals surface area (Å²) in [6.07, 6.45) is 0.973. The second-order valence-corrected chi connectivity index (χ2v) is 6.72. The van der Waals surface area contributed by atoms with E-state index in [-0.39, 0.29) is 11.0 Å². The second kappa shape index (κ2) is 4.67. The van der Waals surface area contributed by atoms with Crippen molar-refractivity contribution in [1.82, 2.24) is 0 Å². The van der Waals surface area contributed by atoms with Gasteiger partial charge < -0.3 is 10.5 Å². The Hall–Kier alpha value is -0.860. The van der Waals surface area contributed by atoms with Crippen LogP contribution in [0.1, 0.15) is 51.2 Å². The van der Waals surface area contributed by atoms with Crippen LogP contribution in [0.15, 0.2) is 24.3 Å². The average molecular weight is 247 g/mol. The maximum atomic E-state index is 6.19. The topological polar surface area (TPSA) is 35.2 Å². The Bertz CT molecular complexity index is 396. The van der Waals surface area contributed by atoms with Gasteiger partial charge in [-0.25, -0.2) is 0 Å². The van der Waals surface area contributed by atoms with Crippen LogP contribution in [-0.4, -0.2) is 18.8 Å². The lowest BCUT2D eigenvalue weighted by molar-refractivity contribution is -0.0719. The highest BCUT2D eigenvalue weighted by Gasteiger charge is 2.43. The van der Waals surface area contributed by atoms with Crippen molar-refractivity contribution < 1.29 is 4.74 Å². The van der Waals surface area contributed by atoms with E-state index in [2.05, 4.69) is 52.0 Å². The van der Waals surface area contributed by atoms with Crippen molar-refractivity contribution in [2.45, 2.75) is 51.0 Å². The predicted molar refractivity (Wildman–Crippen MR) is 75.9 cm³/mol. The lowest BCUT2D eigenvalue weighted by Crippen LogP contribution is -2.53. The Balaban J connectivity index is 2.22. The molecule has 1 aliphatic rings. The highest BCUT2D eigenvalue weighted by atomic mass is 16.5. The molecule has 0 spiro atoms. The third-order valence-electron chi connectivity index (χ3n) is 3.74. The number of nitrogens with two attached hydrogens (primary N) is 1. The van der Waals surface area contributed by atoms with Gasteiger partial charge in [-0.1, -0.05) is 38.1 Å². The van der Waals surface area contributed by atoms with Gasteiger partial charge >= 0.3 is 0 Å². The molecule has 0 radical (unpaired) electrons. The van der Waals surface area contributed by atoms with Gasteiger partial charge in [0.2, 0.25) is 0 Å².